The summed E-state index contributed by atoms with van der Waals surface area (Å²) in [6.07, 6.45) is 0. The van der Waals surface area contributed by atoms with Crippen molar-refractivity contribution in [1.29, 1.82) is 0 Å². The summed E-state index contributed by atoms with van der Waals surface area (Å²) in [5, 5.41) is 1.04. The molecular formula is C9H6ClNO. The topological polar surface area (TPSA) is 32.9 Å². The molecule has 60 valence electrons. The maximum absolute atomic E-state index is 11.3. The number of pyridine rings is 1. The molecule has 2 aromatic rings. The van der Waals surface area contributed by atoms with Crippen LogP contribution in [0.1, 0.15) is 0 Å². The molecule has 0 radical (unpaired) electrons. The Morgan fingerprint density at radius 3 is 2.83 bits per heavy atom. The number of aromatic amines is 1. The number of H-pyrrole nitrogens is 1. The van der Waals surface area contributed by atoms with Crippen molar-refractivity contribution in [3.8, 4) is 0 Å². The molecule has 0 saturated heterocycles. The second-order valence-corrected chi connectivity index (χ2v) is 2.93. The van der Waals surface area contributed by atoms with E-state index in [1.54, 1.807) is 6.07 Å². The third-order valence-corrected chi connectivity index (χ3v) is 1.91. The van der Waals surface area contributed by atoms with Gasteiger partial charge in [0.15, 0.2) is 5.43 Å². The number of benzene rings is 1. The Morgan fingerprint density at radius 1 is 1.25 bits per heavy atom. The molecule has 3 heteroatoms. The largest absolute Gasteiger partial charge is 0.345 e. The molecule has 0 amide bonds. The minimum absolute atomic E-state index is 0.0469. The average molecular weight is 180 g/mol. The van der Waals surface area contributed by atoms with Gasteiger partial charge in [0.05, 0.1) is 5.52 Å². The molecule has 2 rings (SSSR count). The van der Waals surface area contributed by atoms with Crippen LogP contribution in [-0.2, 0) is 0 Å². The van der Waals surface area contributed by atoms with Crippen LogP contribution in [0.2, 0.25) is 5.15 Å². The van der Waals surface area contributed by atoms with Crippen LogP contribution < -0.4 is 5.43 Å². The average Bonchev–Trinajstić information content (AvgIpc) is 2.04. The van der Waals surface area contributed by atoms with E-state index in [9.17, 15) is 4.79 Å². The second-order valence-electron chi connectivity index (χ2n) is 2.53. The molecule has 1 N–H and O–H groups in total. The Balaban J connectivity index is 2.99. The number of fused-ring (bicyclic) bond motifs is 1. The van der Waals surface area contributed by atoms with E-state index in [0.717, 1.165) is 5.52 Å². The minimum Gasteiger partial charge on any atom is -0.345 e. The highest BCUT2D eigenvalue weighted by molar-refractivity contribution is 6.29. The van der Waals surface area contributed by atoms with Gasteiger partial charge in [0.2, 0.25) is 0 Å². The lowest BCUT2D eigenvalue weighted by Gasteiger charge is -1.96. The van der Waals surface area contributed by atoms with Crippen molar-refractivity contribution >= 4 is 22.5 Å². The first-order chi connectivity index (χ1) is 5.77. The fourth-order valence-electron chi connectivity index (χ4n) is 1.16. The summed E-state index contributed by atoms with van der Waals surface area (Å²) in [5.74, 6) is 0. The van der Waals surface area contributed by atoms with Gasteiger partial charge < -0.3 is 4.98 Å². The van der Waals surface area contributed by atoms with Crippen molar-refractivity contribution in [2.45, 2.75) is 0 Å². The Labute approximate surface area is 73.8 Å². The van der Waals surface area contributed by atoms with E-state index >= 15 is 0 Å². The van der Waals surface area contributed by atoms with Crippen LogP contribution >= 0.6 is 11.6 Å². The van der Waals surface area contributed by atoms with Crippen LogP contribution in [0.15, 0.2) is 35.1 Å². The lowest BCUT2D eigenvalue weighted by atomic mass is 10.2. The number of hydrogen-bond acceptors (Lipinski definition) is 1. The fourth-order valence-corrected chi connectivity index (χ4v) is 1.37. The van der Waals surface area contributed by atoms with Crippen LogP contribution in [0, 0.1) is 0 Å². The van der Waals surface area contributed by atoms with Crippen LogP contribution in [0.3, 0.4) is 0 Å². The maximum atomic E-state index is 11.3. The van der Waals surface area contributed by atoms with Gasteiger partial charge >= 0.3 is 0 Å². The summed E-state index contributed by atoms with van der Waals surface area (Å²) in [4.78, 5) is 14.2. The highest BCUT2D eigenvalue weighted by atomic mass is 35.5. The molecule has 1 aromatic carbocycles. The summed E-state index contributed by atoms with van der Waals surface area (Å²) < 4.78 is 0. The van der Waals surface area contributed by atoms with Crippen LogP contribution in [0.4, 0.5) is 0 Å². The lowest BCUT2D eigenvalue weighted by molar-refractivity contribution is 1.39. The third-order valence-electron chi connectivity index (χ3n) is 1.70. The predicted molar refractivity (Wildman–Crippen MR) is 49.6 cm³/mol. The summed E-state index contributed by atoms with van der Waals surface area (Å²) in [6.45, 7) is 0. The van der Waals surface area contributed by atoms with Gasteiger partial charge in [-0.15, -0.1) is 0 Å². The standard InChI is InChI=1S/C9H6ClNO/c10-9-5-8(12)6-3-1-2-4-7(6)11-9/h1-5H,(H,11,12). The summed E-state index contributed by atoms with van der Waals surface area (Å²) in [6, 6.07) is 8.65. The summed E-state index contributed by atoms with van der Waals surface area (Å²) in [7, 11) is 0. The minimum atomic E-state index is -0.0469. The van der Waals surface area contributed by atoms with Crippen LogP contribution in [0.25, 0.3) is 10.9 Å². The molecule has 2 nitrogen and oxygen atoms in total. The monoisotopic (exact) mass is 179 g/mol. The van der Waals surface area contributed by atoms with Crippen molar-refractivity contribution < 1.29 is 0 Å². The Hall–Kier alpha value is -1.28. The van der Waals surface area contributed by atoms with Crippen molar-refractivity contribution in [1.82, 2.24) is 4.98 Å². The van der Waals surface area contributed by atoms with E-state index in [4.69, 9.17) is 11.6 Å². The zero-order valence-electron chi connectivity index (χ0n) is 6.17. The van der Waals surface area contributed by atoms with E-state index in [1.807, 2.05) is 18.2 Å². The summed E-state index contributed by atoms with van der Waals surface area (Å²) >= 11 is 5.67. The quantitative estimate of drug-likeness (QED) is 0.618. The molecular weight excluding hydrogens is 174 g/mol. The van der Waals surface area contributed by atoms with Crippen molar-refractivity contribution in [3.05, 3.63) is 45.7 Å². The molecule has 1 aromatic heterocycles. The number of rotatable bonds is 0. The Kier molecular flexibility index (Phi) is 1.62. The Bertz CT molecular complexity index is 475. The van der Waals surface area contributed by atoms with Crippen molar-refractivity contribution in [2.24, 2.45) is 0 Å². The van der Waals surface area contributed by atoms with Gasteiger partial charge in [0.25, 0.3) is 0 Å². The van der Waals surface area contributed by atoms with Gasteiger partial charge in [0.1, 0.15) is 5.15 Å². The predicted octanol–water partition coefficient (Wildman–Crippen LogP) is 2.18. The molecule has 0 aliphatic carbocycles. The molecule has 1 heterocycles. The van der Waals surface area contributed by atoms with Gasteiger partial charge in [-0.1, -0.05) is 23.7 Å². The number of aromatic nitrogens is 1. The van der Waals surface area contributed by atoms with Crippen LogP contribution in [-0.4, -0.2) is 4.98 Å². The highest BCUT2D eigenvalue weighted by Crippen LogP contribution is 2.09. The number of nitrogens with one attached hydrogen (secondary N) is 1. The van der Waals surface area contributed by atoms with E-state index in [-0.39, 0.29) is 5.43 Å². The first kappa shape index (κ1) is 7.37. The maximum Gasteiger partial charge on any atom is 0.190 e. The van der Waals surface area contributed by atoms with Crippen molar-refractivity contribution in [2.75, 3.05) is 0 Å². The van der Waals surface area contributed by atoms with E-state index in [0.29, 0.717) is 10.5 Å². The van der Waals surface area contributed by atoms with E-state index in [1.165, 1.54) is 6.07 Å². The van der Waals surface area contributed by atoms with Gasteiger partial charge in [-0.2, -0.15) is 0 Å². The molecule has 0 fully saturated rings. The zero-order valence-corrected chi connectivity index (χ0v) is 6.93. The third kappa shape index (κ3) is 1.10. The molecule has 0 atom stereocenters. The van der Waals surface area contributed by atoms with Gasteiger partial charge in [-0.05, 0) is 12.1 Å². The summed E-state index contributed by atoms with van der Waals surface area (Å²) in [5.41, 5.74) is 0.726. The van der Waals surface area contributed by atoms with Gasteiger partial charge in [-0.3, -0.25) is 4.79 Å². The molecule has 0 aliphatic rings. The first-order valence-electron chi connectivity index (χ1n) is 3.55. The molecule has 0 bridgehead atoms. The molecule has 0 unspecified atom stereocenters. The molecule has 12 heavy (non-hydrogen) atoms. The number of halogens is 1. The van der Waals surface area contributed by atoms with Gasteiger partial charge in [-0.25, -0.2) is 0 Å². The fraction of sp³-hybridized carbons (Fsp3) is 0. The highest BCUT2D eigenvalue weighted by Gasteiger charge is 1.97. The number of hydrogen-bond donors (Lipinski definition) is 1. The van der Waals surface area contributed by atoms with E-state index in [2.05, 4.69) is 4.98 Å². The van der Waals surface area contributed by atoms with E-state index < -0.39 is 0 Å². The first-order valence-corrected chi connectivity index (χ1v) is 3.93. The molecule has 0 spiro atoms. The SMILES string of the molecule is O=c1cc(Cl)[nH]c2ccccc12. The normalized spacial score (nSPS) is 10.4. The smallest absolute Gasteiger partial charge is 0.190 e. The molecule has 0 saturated carbocycles. The second kappa shape index (κ2) is 2.64. The van der Waals surface area contributed by atoms with Crippen LogP contribution in [0.5, 0.6) is 0 Å². The van der Waals surface area contributed by atoms with Crippen molar-refractivity contribution in [3.63, 3.8) is 0 Å². The number of para-hydroxylation sites is 1. The Morgan fingerprint density at radius 2 is 2.00 bits per heavy atom. The lowest BCUT2D eigenvalue weighted by Crippen LogP contribution is -2.00. The molecule has 0 aliphatic heterocycles. The van der Waals surface area contributed by atoms with Gasteiger partial charge in [0, 0.05) is 11.5 Å². The zero-order chi connectivity index (χ0) is 8.55.